The van der Waals surface area contributed by atoms with Crippen molar-refractivity contribution in [1.29, 1.82) is 0 Å². The summed E-state index contributed by atoms with van der Waals surface area (Å²) in [6, 6.07) is 9.21. The Morgan fingerprint density at radius 1 is 1.37 bits per heavy atom. The average molecular weight is 275 g/mol. The average Bonchev–Trinajstić information content (AvgIpc) is 2.38. The van der Waals surface area contributed by atoms with Crippen molar-refractivity contribution in [3.8, 4) is 0 Å². The summed E-state index contributed by atoms with van der Waals surface area (Å²) in [6.45, 7) is 8.43. The molecule has 19 heavy (non-hydrogen) atoms. The van der Waals surface area contributed by atoms with Crippen LogP contribution >= 0.6 is 0 Å². The number of hydrogen-bond donors (Lipinski definition) is 1. The number of nitrogens with two attached hydrogens (primary N) is 1. The zero-order valence-corrected chi connectivity index (χ0v) is 12.8. The van der Waals surface area contributed by atoms with Gasteiger partial charge in [-0.2, -0.15) is 0 Å². The summed E-state index contributed by atoms with van der Waals surface area (Å²) in [7, 11) is -0.118. The van der Waals surface area contributed by atoms with E-state index in [1.165, 1.54) is 12.3 Å². The molecule has 0 aliphatic heterocycles. The van der Waals surface area contributed by atoms with Crippen molar-refractivity contribution in [2.24, 2.45) is 5.73 Å². The Morgan fingerprint density at radius 2 is 1.95 bits per heavy atom. The Morgan fingerprint density at radius 3 is 2.42 bits per heavy atom. The molecule has 0 saturated heterocycles. The maximum atomic E-state index is 11.2. The molecule has 0 spiro atoms. The van der Waals surface area contributed by atoms with Crippen LogP contribution in [0.2, 0.25) is 19.1 Å². The van der Waals surface area contributed by atoms with E-state index in [0.717, 1.165) is 11.6 Å². The van der Waals surface area contributed by atoms with Crippen LogP contribution in [0.15, 0.2) is 42.6 Å². The van der Waals surface area contributed by atoms with Crippen LogP contribution in [0.5, 0.6) is 0 Å². The number of methoxy groups -OCH3 is 1. The maximum Gasteiger partial charge on any atom is 0.353 e. The van der Waals surface area contributed by atoms with E-state index in [1.54, 1.807) is 6.08 Å². The quantitative estimate of drug-likeness (QED) is 0.388. The summed E-state index contributed by atoms with van der Waals surface area (Å²) in [4.78, 5) is 11.2. The van der Waals surface area contributed by atoms with Crippen LogP contribution in [-0.4, -0.2) is 21.2 Å². The molecule has 0 aliphatic rings. The first-order valence-electron chi connectivity index (χ1n) is 6.17. The molecule has 0 saturated carbocycles. The highest BCUT2D eigenvalue weighted by atomic mass is 28.3. The van der Waals surface area contributed by atoms with Gasteiger partial charge in [-0.05, 0) is 17.7 Å². The molecule has 2 N–H and O–H groups in total. The molecule has 4 heteroatoms. The molecule has 0 unspecified atom stereocenters. The third-order valence-electron chi connectivity index (χ3n) is 3.09. The number of benzene rings is 1. The minimum absolute atomic E-state index is 0.109. The first-order chi connectivity index (χ1) is 8.90. The Balaban J connectivity index is 2.94. The summed E-state index contributed by atoms with van der Waals surface area (Å²) in [5, 5.41) is 1.36. The van der Waals surface area contributed by atoms with E-state index >= 15 is 0 Å². The van der Waals surface area contributed by atoms with Gasteiger partial charge in [0, 0.05) is 0 Å². The lowest BCUT2D eigenvalue weighted by Crippen LogP contribution is -2.40. The fourth-order valence-corrected chi connectivity index (χ4v) is 3.89. The molecule has 0 bridgehead atoms. The SMILES string of the molecule is C=CC[Si](C)(C)c1ccc(/C=C(/N)C(=O)OC)cc1. The van der Waals surface area contributed by atoms with Gasteiger partial charge in [0.25, 0.3) is 0 Å². The second-order valence-electron chi connectivity index (χ2n) is 5.09. The molecule has 102 valence electrons. The van der Waals surface area contributed by atoms with Gasteiger partial charge >= 0.3 is 5.97 Å². The minimum atomic E-state index is -1.43. The van der Waals surface area contributed by atoms with Crippen molar-refractivity contribution < 1.29 is 9.53 Å². The Bertz CT molecular complexity index is 489. The summed E-state index contributed by atoms with van der Waals surface area (Å²) >= 11 is 0. The van der Waals surface area contributed by atoms with Crippen LogP contribution in [0.3, 0.4) is 0 Å². The highest BCUT2D eigenvalue weighted by molar-refractivity contribution is 6.90. The van der Waals surface area contributed by atoms with Crippen LogP contribution in [0.4, 0.5) is 0 Å². The number of esters is 1. The Kier molecular flexibility index (Phi) is 5.12. The fourth-order valence-electron chi connectivity index (χ4n) is 1.87. The number of allylic oxidation sites excluding steroid dienone is 1. The monoisotopic (exact) mass is 275 g/mol. The minimum Gasteiger partial charge on any atom is -0.464 e. The topological polar surface area (TPSA) is 52.3 Å². The highest BCUT2D eigenvalue weighted by Crippen LogP contribution is 2.12. The Labute approximate surface area is 115 Å². The highest BCUT2D eigenvalue weighted by Gasteiger charge is 2.21. The van der Waals surface area contributed by atoms with Gasteiger partial charge in [-0.1, -0.05) is 48.6 Å². The van der Waals surface area contributed by atoms with Crippen molar-refractivity contribution in [3.63, 3.8) is 0 Å². The molecule has 3 nitrogen and oxygen atoms in total. The fraction of sp³-hybridized carbons (Fsp3) is 0.267. The molecule has 0 aromatic heterocycles. The van der Waals surface area contributed by atoms with Gasteiger partial charge in [-0.15, -0.1) is 6.58 Å². The molecule has 1 rings (SSSR count). The van der Waals surface area contributed by atoms with E-state index < -0.39 is 14.0 Å². The third kappa shape index (κ3) is 4.10. The van der Waals surface area contributed by atoms with E-state index in [0.29, 0.717) is 0 Å². The third-order valence-corrected chi connectivity index (χ3v) is 6.30. The van der Waals surface area contributed by atoms with Gasteiger partial charge in [0.1, 0.15) is 5.70 Å². The lowest BCUT2D eigenvalue weighted by Gasteiger charge is -2.21. The van der Waals surface area contributed by atoms with E-state index in [9.17, 15) is 4.79 Å². The van der Waals surface area contributed by atoms with E-state index in [4.69, 9.17) is 5.73 Å². The predicted molar refractivity (Wildman–Crippen MR) is 82.7 cm³/mol. The second-order valence-corrected chi connectivity index (χ2v) is 9.84. The van der Waals surface area contributed by atoms with Gasteiger partial charge in [-0.25, -0.2) is 4.79 Å². The lowest BCUT2D eigenvalue weighted by molar-refractivity contribution is -0.136. The molecule has 1 aromatic carbocycles. The van der Waals surface area contributed by atoms with E-state index in [1.807, 2.05) is 18.2 Å². The van der Waals surface area contributed by atoms with E-state index in [2.05, 4.69) is 36.5 Å². The summed E-state index contributed by atoms with van der Waals surface area (Å²) in [6.07, 6.45) is 3.60. The Hall–Kier alpha value is -1.81. The number of carbonyl (C=O) groups excluding carboxylic acids is 1. The predicted octanol–water partition coefficient (Wildman–Crippen LogP) is 2.26. The van der Waals surface area contributed by atoms with E-state index in [-0.39, 0.29) is 5.70 Å². The van der Waals surface area contributed by atoms with Crippen LogP contribution in [0.25, 0.3) is 6.08 Å². The molecule has 0 radical (unpaired) electrons. The number of ether oxygens (including phenoxy) is 1. The molecule has 0 amide bonds. The largest absolute Gasteiger partial charge is 0.464 e. The molecular formula is C15H21NO2Si. The molecule has 1 aromatic rings. The smallest absolute Gasteiger partial charge is 0.353 e. The summed E-state index contributed by atoms with van der Waals surface area (Å²) in [5.74, 6) is -0.509. The van der Waals surface area contributed by atoms with Crippen molar-refractivity contribution in [2.75, 3.05) is 7.11 Å². The van der Waals surface area contributed by atoms with Gasteiger partial charge in [-0.3, -0.25) is 0 Å². The molecule has 0 aliphatic carbocycles. The molecule has 0 atom stereocenters. The molecular weight excluding hydrogens is 254 g/mol. The number of carbonyl (C=O) groups is 1. The van der Waals surface area contributed by atoms with Gasteiger partial charge < -0.3 is 10.5 Å². The van der Waals surface area contributed by atoms with Crippen molar-refractivity contribution in [1.82, 2.24) is 0 Å². The summed E-state index contributed by atoms with van der Waals surface area (Å²) in [5.41, 5.74) is 6.62. The lowest BCUT2D eigenvalue weighted by atomic mass is 10.2. The first-order valence-corrected chi connectivity index (χ1v) is 9.38. The van der Waals surface area contributed by atoms with Crippen molar-refractivity contribution in [3.05, 3.63) is 48.2 Å². The standard InChI is InChI=1S/C15H21NO2Si/c1-5-10-19(3,4)13-8-6-12(7-9-13)11-14(16)15(17)18-2/h5-9,11H,1,10,16H2,2-4H3/b14-11+. The van der Waals surface area contributed by atoms with Gasteiger partial charge in [0.2, 0.25) is 0 Å². The van der Waals surface area contributed by atoms with Crippen LogP contribution in [0, 0.1) is 0 Å². The van der Waals surface area contributed by atoms with Gasteiger partial charge in [0.15, 0.2) is 0 Å². The normalized spacial score (nSPS) is 12.1. The van der Waals surface area contributed by atoms with Gasteiger partial charge in [0.05, 0.1) is 15.2 Å². The summed E-state index contributed by atoms with van der Waals surface area (Å²) < 4.78 is 4.56. The zero-order valence-electron chi connectivity index (χ0n) is 11.8. The molecule has 0 fully saturated rings. The second kappa shape index (κ2) is 6.38. The van der Waals surface area contributed by atoms with Crippen LogP contribution in [0.1, 0.15) is 5.56 Å². The van der Waals surface area contributed by atoms with Crippen molar-refractivity contribution >= 4 is 25.3 Å². The molecule has 0 heterocycles. The zero-order chi connectivity index (χ0) is 14.5. The first kappa shape index (κ1) is 15.2. The van der Waals surface area contributed by atoms with Crippen LogP contribution < -0.4 is 10.9 Å². The maximum absolute atomic E-state index is 11.2. The van der Waals surface area contributed by atoms with Crippen molar-refractivity contribution in [2.45, 2.75) is 19.1 Å². The number of hydrogen-bond acceptors (Lipinski definition) is 3. The van der Waals surface area contributed by atoms with Crippen LogP contribution in [-0.2, 0) is 9.53 Å². The number of rotatable bonds is 5.